The number of hydrogen-bond acceptors (Lipinski definition) is 6. The second-order valence-corrected chi connectivity index (χ2v) is 3.86. The van der Waals surface area contributed by atoms with Gasteiger partial charge in [-0.3, -0.25) is 15.1 Å². The molecule has 3 aromatic rings. The molecule has 0 spiro atoms. The van der Waals surface area contributed by atoms with Crippen LogP contribution in [-0.2, 0) is 6.54 Å². The highest BCUT2D eigenvalue weighted by Gasteiger charge is 2.05. The summed E-state index contributed by atoms with van der Waals surface area (Å²) >= 11 is 0. The third-order valence-corrected chi connectivity index (χ3v) is 2.52. The van der Waals surface area contributed by atoms with Gasteiger partial charge in [0.25, 0.3) is 0 Å². The molecule has 0 bridgehead atoms. The summed E-state index contributed by atoms with van der Waals surface area (Å²) in [5.41, 5.74) is 2.47. The summed E-state index contributed by atoms with van der Waals surface area (Å²) in [6, 6.07) is 0. The van der Waals surface area contributed by atoms with E-state index >= 15 is 0 Å². The maximum Gasteiger partial charge on any atom is 0.160 e. The summed E-state index contributed by atoms with van der Waals surface area (Å²) in [5, 5.41) is 10.8. The van der Waals surface area contributed by atoms with Crippen LogP contribution in [0.25, 0.3) is 11.0 Å². The number of nitrogens with one attached hydrogen (secondary N) is 2. The van der Waals surface area contributed by atoms with Crippen molar-refractivity contribution in [2.75, 3.05) is 5.32 Å². The smallest absolute Gasteiger partial charge is 0.160 e. The zero-order valence-corrected chi connectivity index (χ0v) is 9.75. The van der Waals surface area contributed by atoms with E-state index in [1.165, 1.54) is 6.33 Å². The van der Waals surface area contributed by atoms with Crippen molar-refractivity contribution in [3.63, 3.8) is 0 Å². The normalized spacial score (nSPS) is 10.7. The van der Waals surface area contributed by atoms with Crippen LogP contribution in [0.2, 0.25) is 0 Å². The predicted molar refractivity (Wildman–Crippen MR) is 65.8 cm³/mol. The summed E-state index contributed by atoms with van der Waals surface area (Å²) in [6.07, 6.45) is 6.67. The molecule has 2 N–H and O–H groups in total. The molecule has 0 atom stereocenters. The number of fused-ring (bicyclic) bond motifs is 1. The van der Waals surface area contributed by atoms with Crippen LogP contribution in [0.5, 0.6) is 0 Å². The van der Waals surface area contributed by atoms with Crippen LogP contribution in [0.15, 0.2) is 24.9 Å². The first-order valence-electron chi connectivity index (χ1n) is 5.48. The van der Waals surface area contributed by atoms with E-state index in [2.05, 4.69) is 35.5 Å². The van der Waals surface area contributed by atoms with Crippen molar-refractivity contribution in [3.05, 3.63) is 36.3 Å². The van der Waals surface area contributed by atoms with Crippen molar-refractivity contribution in [1.29, 1.82) is 0 Å². The van der Waals surface area contributed by atoms with E-state index in [4.69, 9.17) is 0 Å². The summed E-state index contributed by atoms with van der Waals surface area (Å²) in [4.78, 5) is 16.7. The Balaban J connectivity index is 1.80. The molecule has 0 unspecified atom stereocenters. The largest absolute Gasteiger partial charge is 0.364 e. The van der Waals surface area contributed by atoms with Gasteiger partial charge in [-0.25, -0.2) is 9.97 Å². The van der Waals surface area contributed by atoms with Crippen molar-refractivity contribution >= 4 is 16.9 Å². The number of aromatic amines is 1. The van der Waals surface area contributed by atoms with E-state index in [1.54, 1.807) is 18.6 Å². The Morgan fingerprint density at radius 1 is 1.11 bits per heavy atom. The molecule has 0 fully saturated rings. The Hall–Kier alpha value is -2.57. The molecule has 7 nitrogen and oxygen atoms in total. The lowest BCUT2D eigenvalue weighted by Crippen LogP contribution is -2.04. The first-order valence-corrected chi connectivity index (χ1v) is 5.48. The van der Waals surface area contributed by atoms with Crippen LogP contribution in [-0.4, -0.2) is 30.1 Å². The van der Waals surface area contributed by atoms with E-state index in [-0.39, 0.29) is 0 Å². The zero-order valence-electron chi connectivity index (χ0n) is 9.75. The SMILES string of the molecule is Cc1cnc(CNc2ncnc3[nH]ncc23)cn1. The van der Waals surface area contributed by atoms with Crippen LogP contribution >= 0.6 is 0 Å². The zero-order chi connectivity index (χ0) is 12.4. The summed E-state index contributed by atoms with van der Waals surface area (Å²) in [6.45, 7) is 2.47. The lowest BCUT2D eigenvalue weighted by atomic mass is 10.3. The molecule has 0 aliphatic heterocycles. The highest BCUT2D eigenvalue weighted by Crippen LogP contribution is 2.16. The van der Waals surface area contributed by atoms with Crippen LogP contribution < -0.4 is 5.32 Å². The first-order chi connectivity index (χ1) is 8.83. The minimum atomic E-state index is 0.560. The van der Waals surface area contributed by atoms with Gasteiger partial charge in [-0.2, -0.15) is 5.10 Å². The molecule has 0 amide bonds. The number of H-pyrrole nitrogens is 1. The minimum Gasteiger partial charge on any atom is -0.364 e. The monoisotopic (exact) mass is 241 g/mol. The Morgan fingerprint density at radius 3 is 2.89 bits per heavy atom. The maximum absolute atomic E-state index is 4.27. The maximum atomic E-state index is 4.27. The van der Waals surface area contributed by atoms with Gasteiger partial charge >= 0.3 is 0 Å². The highest BCUT2D eigenvalue weighted by molar-refractivity contribution is 5.85. The number of aryl methyl sites for hydroxylation is 1. The Kier molecular flexibility index (Phi) is 2.56. The molecule has 3 heterocycles. The molecule has 0 saturated heterocycles. The van der Waals surface area contributed by atoms with Crippen LogP contribution in [0, 0.1) is 6.92 Å². The molecule has 0 saturated carbocycles. The Labute approximate surface area is 103 Å². The van der Waals surface area contributed by atoms with Gasteiger partial charge in [0.15, 0.2) is 5.65 Å². The molecule has 18 heavy (non-hydrogen) atoms. The van der Waals surface area contributed by atoms with Crippen LogP contribution in [0.1, 0.15) is 11.4 Å². The Morgan fingerprint density at radius 2 is 2.06 bits per heavy atom. The van der Waals surface area contributed by atoms with Crippen molar-refractivity contribution in [2.24, 2.45) is 0 Å². The molecular formula is C11H11N7. The highest BCUT2D eigenvalue weighted by atomic mass is 15.2. The van der Waals surface area contributed by atoms with E-state index in [1.807, 2.05) is 6.92 Å². The fourth-order valence-corrected chi connectivity index (χ4v) is 1.59. The third-order valence-electron chi connectivity index (χ3n) is 2.52. The second-order valence-electron chi connectivity index (χ2n) is 3.86. The quantitative estimate of drug-likeness (QED) is 0.712. The van der Waals surface area contributed by atoms with Gasteiger partial charge < -0.3 is 5.32 Å². The molecule has 0 aliphatic rings. The topological polar surface area (TPSA) is 92.3 Å². The van der Waals surface area contributed by atoms with Gasteiger partial charge in [0, 0.05) is 6.20 Å². The minimum absolute atomic E-state index is 0.560. The standard InChI is InChI=1S/C11H11N7/c1-7-2-13-8(3-12-7)4-14-10-9-5-17-18-11(9)16-6-15-10/h2-3,5-6H,4H2,1H3,(H2,14,15,16,17,18). The number of aromatic nitrogens is 6. The molecule has 0 aromatic carbocycles. The average Bonchev–Trinajstić information content (AvgIpc) is 2.87. The summed E-state index contributed by atoms with van der Waals surface area (Å²) < 4.78 is 0. The molecule has 90 valence electrons. The van der Waals surface area contributed by atoms with Gasteiger partial charge in [0.2, 0.25) is 0 Å². The fourth-order valence-electron chi connectivity index (χ4n) is 1.59. The molecule has 7 heteroatoms. The average molecular weight is 241 g/mol. The van der Waals surface area contributed by atoms with Gasteiger partial charge in [-0.1, -0.05) is 0 Å². The van der Waals surface area contributed by atoms with Crippen LogP contribution in [0.3, 0.4) is 0 Å². The van der Waals surface area contributed by atoms with Gasteiger partial charge in [0.1, 0.15) is 12.1 Å². The van der Waals surface area contributed by atoms with E-state index in [0.29, 0.717) is 12.2 Å². The predicted octanol–water partition coefficient (Wildman–Crippen LogP) is 1.06. The third kappa shape index (κ3) is 1.97. The Bertz CT molecular complexity index is 658. The van der Waals surface area contributed by atoms with Gasteiger partial charge in [0.05, 0.1) is 35.7 Å². The van der Waals surface area contributed by atoms with E-state index < -0.39 is 0 Å². The second kappa shape index (κ2) is 4.36. The van der Waals surface area contributed by atoms with Crippen molar-refractivity contribution in [3.8, 4) is 0 Å². The number of anilines is 1. The van der Waals surface area contributed by atoms with Crippen molar-refractivity contribution in [1.82, 2.24) is 30.1 Å². The summed E-state index contributed by atoms with van der Waals surface area (Å²) in [5.74, 6) is 0.733. The van der Waals surface area contributed by atoms with Crippen LogP contribution in [0.4, 0.5) is 5.82 Å². The molecule has 3 rings (SSSR count). The first kappa shape index (κ1) is 10.6. The lowest BCUT2D eigenvalue weighted by Gasteiger charge is -2.05. The number of nitrogens with zero attached hydrogens (tertiary/aromatic N) is 5. The number of hydrogen-bond donors (Lipinski definition) is 2. The molecule has 0 radical (unpaired) electrons. The fraction of sp³-hybridized carbons (Fsp3) is 0.182. The van der Waals surface area contributed by atoms with Crippen molar-refractivity contribution < 1.29 is 0 Å². The summed E-state index contributed by atoms with van der Waals surface area (Å²) in [7, 11) is 0. The van der Waals surface area contributed by atoms with Crippen molar-refractivity contribution in [2.45, 2.75) is 13.5 Å². The van der Waals surface area contributed by atoms with E-state index in [0.717, 1.165) is 22.6 Å². The van der Waals surface area contributed by atoms with Gasteiger partial charge in [-0.15, -0.1) is 0 Å². The van der Waals surface area contributed by atoms with E-state index in [9.17, 15) is 0 Å². The molecule has 3 aromatic heterocycles. The lowest BCUT2D eigenvalue weighted by molar-refractivity contribution is 0.976. The molecule has 0 aliphatic carbocycles. The number of rotatable bonds is 3. The molecular weight excluding hydrogens is 230 g/mol. The van der Waals surface area contributed by atoms with Gasteiger partial charge in [-0.05, 0) is 6.92 Å².